The van der Waals surface area contributed by atoms with Crippen molar-refractivity contribution in [1.82, 2.24) is 10.2 Å². The maximum Gasteiger partial charge on any atom is 0.338 e. The second kappa shape index (κ2) is 6.63. The molecule has 1 heterocycles. The summed E-state index contributed by atoms with van der Waals surface area (Å²) >= 11 is 0. The first kappa shape index (κ1) is 14.0. The number of hydrogen-bond donors (Lipinski definition) is 2. The van der Waals surface area contributed by atoms with E-state index in [9.17, 15) is 9.18 Å². The number of rotatable bonds is 6. The Kier molecular flexibility index (Phi) is 4.87. The van der Waals surface area contributed by atoms with E-state index >= 15 is 0 Å². The van der Waals surface area contributed by atoms with Crippen molar-refractivity contribution in [3.8, 4) is 0 Å². The Hall–Kier alpha value is -1.46. The molecule has 1 saturated heterocycles. The Morgan fingerprint density at radius 1 is 1.37 bits per heavy atom. The Balaban J connectivity index is 1.76. The molecule has 0 atom stereocenters. The summed E-state index contributed by atoms with van der Waals surface area (Å²) in [5.74, 6) is -1.91. The van der Waals surface area contributed by atoms with Gasteiger partial charge in [0.1, 0.15) is 5.82 Å². The molecule has 2 N–H and O–H groups in total. The highest BCUT2D eigenvalue weighted by atomic mass is 19.1. The van der Waals surface area contributed by atoms with Crippen LogP contribution in [0.25, 0.3) is 0 Å². The number of halogens is 1. The molecule has 19 heavy (non-hydrogen) atoms. The molecule has 0 saturated carbocycles. The van der Waals surface area contributed by atoms with Gasteiger partial charge in [0, 0.05) is 19.6 Å². The molecule has 0 aliphatic carbocycles. The smallest absolute Gasteiger partial charge is 0.338 e. The van der Waals surface area contributed by atoms with Gasteiger partial charge in [-0.1, -0.05) is 6.07 Å². The lowest BCUT2D eigenvalue weighted by Crippen LogP contribution is -2.29. The van der Waals surface area contributed by atoms with Crippen molar-refractivity contribution < 1.29 is 14.3 Å². The number of nitrogens with zero attached hydrogens (tertiary/aromatic N) is 1. The zero-order chi connectivity index (χ0) is 13.7. The molecule has 1 aromatic carbocycles. The van der Waals surface area contributed by atoms with Crippen LogP contribution in [0.15, 0.2) is 18.2 Å². The van der Waals surface area contributed by atoms with Gasteiger partial charge in [-0.05, 0) is 43.6 Å². The molecule has 0 unspecified atom stereocenters. The minimum atomic E-state index is -1.23. The van der Waals surface area contributed by atoms with Crippen LogP contribution in [-0.4, -0.2) is 42.2 Å². The van der Waals surface area contributed by atoms with E-state index in [4.69, 9.17) is 5.11 Å². The van der Waals surface area contributed by atoms with Gasteiger partial charge in [0.05, 0.1) is 5.56 Å². The van der Waals surface area contributed by atoms with Crippen molar-refractivity contribution in [1.29, 1.82) is 0 Å². The van der Waals surface area contributed by atoms with Crippen molar-refractivity contribution in [3.63, 3.8) is 0 Å². The quantitative estimate of drug-likeness (QED) is 0.770. The van der Waals surface area contributed by atoms with E-state index in [0.29, 0.717) is 6.54 Å². The largest absolute Gasteiger partial charge is 0.478 e. The third kappa shape index (κ3) is 4.01. The van der Waals surface area contributed by atoms with Crippen LogP contribution in [-0.2, 0) is 6.54 Å². The van der Waals surface area contributed by atoms with Gasteiger partial charge >= 0.3 is 5.97 Å². The van der Waals surface area contributed by atoms with Crippen LogP contribution in [0.3, 0.4) is 0 Å². The van der Waals surface area contributed by atoms with E-state index in [-0.39, 0.29) is 5.56 Å². The summed E-state index contributed by atoms with van der Waals surface area (Å²) in [6.45, 7) is 4.77. The zero-order valence-electron chi connectivity index (χ0n) is 10.9. The molecule has 0 bridgehead atoms. The molecule has 0 spiro atoms. The summed E-state index contributed by atoms with van der Waals surface area (Å²) in [7, 11) is 0. The normalized spacial score (nSPS) is 15.8. The van der Waals surface area contributed by atoms with Gasteiger partial charge in [0.2, 0.25) is 0 Å². The van der Waals surface area contributed by atoms with Crippen molar-refractivity contribution in [2.24, 2.45) is 0 Å². The molecule has 0 radical (unpaired) electrons. The summed E-state index contributed by atoms with van der Waals surface area (Å²) in [5.41, 5.74) is 0.490. The molecule has 1 fully saturated rings. The zero-order valence-corrected chi connectivity index (χ0v) is 10.9. The van der Waals surface area contributed by atoms with Crippen LogP contribution < -0.4 is 5.32 Å². The van der Waals surface area contributed by atoms with Crippen molar-refractivity contribution >= 4 is 5.97 Å². The third-order valence-corrected chi connectivity index (χ3v) is 3.40. The first-order valence-corrected chi connectivity index (χ1v) is 6.61. The van der Waals surface area contributed by atoms with E-state index < -0.39 is 11.8 Å². The van der Waals surface area contributed by atoms with E-state index in [1.807, 2.05) is 0 Å². The molecule has 2 rings (SSSR count). The number of carbonyl (C=O) groups is 1. The van der Waals surface area contributed by atoms with Crippen LogP contribution in [0.4, 0.5) is 4.39 Å². The standard InChI is InChI=1S/C14H19FN2O2/c15-13-9-11(3-4-12(13)14(18)19)10-16-5-8-17-6-1-2-7-17/h3-4,9,16H,1-2,5-8,10H2,(H,18,19). The Bertz CT molecular complexity index is 445. The average Bonchev–Trinajstić information content (AvgIpc) is 2.87. The van der Waals surface area contributed by atoms with Crippen molar-refractivity contribution in [2.75, 3.05) is 26.2 Å². The lowest BCUT2D eigenvalue weighted by Gasteiger charge is -2.14. The maximum absolute atomic E-state index is 13.4. The Morgan fingerprint density at radius 2 is 2.11 bits per heavy atom. The molecule has 0 amide bonds. The summed E-state index contributed by atoms with van der Waals surface area (Å²) < 4.78 is 13.4. The van der Waals surface area contributed by atoms with Gasteiger partial charge < -0.3 is 15.3 Å². The molecule has 1 aliphatic rings. The Morgan fingerprint density at radius 3 is 2.74 bits per heavy atom. The number of benzene rings is 1. The van der Waals surface area contributed by atoms with E-state index in [1.54, 1.807) is 6.07 Å². The first-order chi connectivity index (χ1) is 9.16. The fourth-order valence-electron chi connectivity index (χ4n) is 2.32. The average molecular weight is 266 g/mol. The van der Waals surface area contributed by atoms with Gasteiger partial charge in [-0.25, -0.2) is 9.18 Å². The Labute approximate surface area is 112 Å². The fraction of sp³-hybridized carbons (Fsp3) is 0.500. The molecule has 5 heteroatoms. The van der Waals surface area contributed by atoms with E-state index in [1.165, 1.54) is 38.1 Å². The maximum atomic E-state index is 13.4. The number of likely N-dealkylation sites (tertiary alicyclic amines) is 1. The fourth-order valence-corrected chi connectivity index (χ4v) is 2.32. The third-order valence-electron chi connectivity index (χ3n) is 3.40. The molecule has 104 valence electrons. The SMILES string of the molecule is O=C(O)c1ccc(CNCCN2CCCC2)cc1F. The highest BCUT2D eigenvalue weighted by molar-refractivity contribution is 5.87. The number of hydrogen-bond acceptors (Lipinski definition) is 3. The number of nitrogens with one attached hydrogen (secondary N) is 1. The highest BCUT2D eigenvalue weighted by Gasteiger charge is 2.11. The van der Waals surface area contributed by atoms with E-state index in [0.717, 1.165) is 18.7 Å². The molecule has 1 aromatic rings. The summed E-state index contributed by atoms with van der Waals surface area (Å²) in [6, 6.07) is 4.25. The van der Waals surface area contributed by atoms with Gasteiger partial charge in [0.15, 0.2) is 0 Å². The second-order valence-corrected chi connectivity index (χ2v) is 4.84. The molecule has 0 aromatic heterocycles. The van der Waals surface area contributed by atoms with Gasteiger partial charge in [-0.3, -0.25) is 0 Å². The van der Waals surface area contributed by atoms with Crippen molar-refractivity contribution in [2.45, 2.75) is 19.4 Å². The van der Waals surface area contributed by atoms with Gasteiger partial charge in [-0.2, -0.15) is 0 Å². The number of carboxylic acid groups (broad SMARTS) is 1. The van der Waals surface area contributed by atoms with Gasteiger partial charge in [0.25, 0.3) is 0 Å². The van der Waals surface area contributed by atoms with Crippen molar-refractivity contribution in [3.05, 3.63) is 35.1 Å². The predicted octanol–water partition coefficient (Wildman–Crippen LogP) is 1.71. The van der Waals surface area contributed by atoms with Crippen LogP contribution in [0.2, 0.25) is 0 Å². The lowest BCUT2D eigenvalue weighted by atomic mass is 10.1. The predicted molar refractivity (Wildman–Crippen MR) is 70.7 cm³/mol. The first-order valence-electron chi connectivity index (χ1n) is 6.61. The topological polar surface area (TPSA) is 52.6 Å². The lowest BCUT2D eigenvalue weighted by molar-refractivity contribution is 0.0692. The minimum absolute atomic E-state index is 0.277. The summed E-state index contributed by atoms with van der Waals surface area (Å²) in [5, 5.41) is 12.0. The monoisotopic (exact) mass is 266 g/mol. The van der Waals surface area contributed by atoms with Crippen LogP contribution in [0, 0.1) is 5.82 Å². The summed E-state index contributed by atoms with van der Waals surface area (Å²) in [4.78, 5) is 13.1. The highest BCUT2D eigenvalue weighted by Crippen LogP contribution is 2.10. The number of carboxylic acids is 1. The number of aromatic carboxylic acids is 1. The minimum Gasteiger partial charge on any atom is -0.478 e. The second-order valence-electron chi connectivity index (χ2n) is 4.84. The molecular formula is C14H19FN2O2. The summed E-state index contributed by atoms with van der Waals surface area (Å²) in [6.07, 6.45) is 2.56. The molecule has 1 aliphatic heterocycles. The van der Waals surface area contributed by atoms with Crippen LogP contribution in [0.5, 0.6) is 0 Å². The van der Waals surface area contributed by atoms with Gasteiger partial charge in [-0.15, -0.1) is 0 Å². The molecule has 4 nitrogen and oxygen atoms in total. The molecular weight excluding hydrogens is 247 g/mol. The van der Waals surface area contributed by atoms with Crippen LogP contribution in [0.1, 0.15) is 28.8 Å². The van der Waals surface area contributed by atoms with Crippen LogP contribution >= 0.6 is 0 Å². The van der Waals surface area contributed by atoms with E-state index in [2.05, 4.69) is 10.2 Å².